The molecule has 2 rings (SSSR count). The normalized spacial score (nSPS) is 17.1. The van der Waals surface area contributed by atoms with Crippen LogP contribution in [0, 0.1) is 0 Å². The topological polar surface area (TPSA) is 12.5 Å². The van der Waals surface area contributed by atoms with E-state index in [2.05, 4.69) is 6.92 Å². The second kappa shape index (κ2) is 6.27. The van der Waals surface area contributed by atoms with Crippen LogP contribution in [0.3, 0.4) is 0 Å². The summed E-state index contributed by atoms with van der Waals surface area (Å²) in [7, 11) is 0. The van der Waals surface area contributed by atoms with Crippen molar-refractivity contribution in [2.75, 3.05) is 11.6 Å². The predicted molar refractivity (Wildman–Crippen MR) is 72.4 cm³/mol. The lowest BCUT2D eigenvalue weighted by Gasteiger charge is -2.30. The van der Waals surface area contributed by atoms with E-state index in [-0.39, 0.29) is 0 Å². The third-order valence-electron chi connectivity index (χ3n) is 3.21. The van der Waals surface area contributed by atoms with Crippen molar-refractivity contribution < 1.29 is 4.84 Å². The zero-order valence-corrected chi connectivity index (χ0v) is 11.1. The first-order valence-electron chi connectivity index (χ1n) is 6.49. The third-order valence-corrected chi connectivity index (χ3v) is 3.45. The summed E-state index contributed by atoms with van der Waals surface area (Å²) in [6.07, 6.45) is 6.66. The van der Waals surface area contributed by atoms with Gasteiger partial charge >= 0.3 is 0 Å². The molecule has 0 saturated heterocycles. The predicted octanol–water partition coefficient (Wildman–Crippen LogP) is 4.43. The van der Waals surface area contributed by atoms with E-state index in [4.69, 9.17) is 16.4 Å². The van der Waals surface area contributed by atoms with Crippen LogP contribution in [0.5, 0.6) is 0 Å². The van der Waals surface area contributed by atoms with Crippen molar-refractivity contribution in [3.8, 4) is 0 Å². The van der Waals surface area contributed by atoms with Gasteiger partial charge in [0, 0.05) is 11.6 Å². The van der Waals surface area contributed by atoms with Crippen molar-refractivity contribution in [2.45, 2.75) is 45.1 Å². The Morgan fingerprint density at radius 3 is 2.71 bits per heavy atom. The molecule has 0 N–H and O–H groups in total. The van der Waals surface area contributed by atoms with Crippen molar-refractivity contribution >= 4 is 17.3 Å². The van der Waals surface area contributed by atoms with E-state index in [1.54, 1.807) is 0 Å². The monoisotopic (exact) mass is 253 g/mol. The van der Waals surface area contributed by atoms with Crippen LogP contribution in [0.25, 0.3) is 0 Å². The number of rotatable bonds is 4. The number of hydrogen-bond acceptors (Lipinski definition) is 2. The second-order valence-electron chi connectivity index (χ2n) is 4.54. The maximum Gasteiger partial charge on any atom is 0.0856 e. The molecule has 0 atom stereocenters. The smallest absolute Gasteiger partial charge is 0.0856 e. The van der Waals surface area contributed by atoms with Gasteiger partial charge in [0.05, 0.1) is 11.8 Å². The Balaban J connectivity index is 2.00. The van der Waals surface area contributed by atoms with E-state index in [9.17, 15) is 0 Å². The molecule has 1 aromatic rings. The fourth-order valence-corrected chi connectivity index (χ4v) is 2.48. The van der Waals surface area contributed by atoms with Crippen LogP contribution in [-0.2, 0) is 4.84 Å². The molecule has 1 aliphatic rings. The molecule has 1 saturated carbocycles. The summed E-state index contributed by atoms with van der Waals surface area (Å²) >= 11 is 6.01. The molecule has 0 bridgehead atoms. The van der Waals surface area contributed by atoms with E-state index in [1.807, 2.05) is 29.3 Å². The Kier molecular flexibility index (Phi) is 4.69. The summed E-state index contributed by atoms with van der Waals surface area (Å²) in [5.41, 5.74) is 1.05. The number of benzene rings is 1. The first-order valence-corrected chi connectivity index (χ1v) is 6.87. The molecule has 0 aliphatic heterocycles. The Labute approximate surface area is 108 Å². The molecule has 1 aromatic carbocycles. The van der Waals surface area contributed by atoms with E-state index >= 15 is 0 Å². The number of hydroxylamine groups is 1. The van der Waals surface area contributed by atoms with Crippen LogP contribution in [0.4, 0.5) is 5.69 Å². The Bertz CT molecular complexity index is 350. The van der Waals surface area contributed by atoms with Crippen LogP contribution in [0.15, 0.2) is 24.3 Å². The zero-order chi connectivity index (χ0) is 12.1. The minimum Gasteiger partial charge on any atom is -0.270 e. The van der Waals surface area contributed by atoms with Crippen molar-refractivity contribution in [3.05, 3.63) is 29.3 Å². The van der Waals surface area contributed by atoms with Crippen LogP contribution in [-0.4, -0.2) is 12.6 Å². The second-order valence-corrected chi connectivity index (χ2v) is 4.98. The van der Waals surface area contributed by atoms with Crippen LogP contribution >= 0.6 is 11.6 Å². The molecular weight excluding hydrogens is 234 g/mol. The molecule has 2 nitrogen and oxygen atoms in total. The number of hydrogen-bond donors (Lipinski definition) is 0. The Hall–Kier alpha value is -0.730. The largest absolute Gasteiger partial charge is 0.270 e. The molecule has 0 aromatic heterocycles. The lowest BCUT2D eigenvalue weighted by molar-refractivity contribution is 0.0116. The van der Waals surface area contributed by atoms with Gasteiger partial charge in [-0.25, -0.2) is 0 Å². The molecule has 0 amide bonds. The molecular formula is C14H20ClNO. The average Bonchev–Trinajstić information content (AvgIpc) is 2.37. The van der Waals surface area contributed by atoms with Gasteiger partial charge in [0.1, 0.15) is 0 Å². The fraction of sp³-hybridized carbons (Fsp3) is 0.571. The molecule has 1 aliphatic carbocycles. The van der Waals surface area contributed by atoms with Crippen molar-refractivity contribution in [1.82, 2.24) is 0 Å². The first-order chi connectivity index (χ1) is 8.29. The van der Waals surface area contributed by atoms with E-state index in [0.29, 0.717) is 6.10 Å². The highest BCUT2D eigenvalue weighted by atomic mass is 35.5. The molecule has 17 heavy (non-hydrogen) atoms. The van der Waals surface area contributed by atoms with Gasteiger partial charge in [0.15, 0.2) is 0 Å². The molecule has 3 heteroatoms. The van der Waals surface area contributed by atoms with Gasteiger partial charge in [-0.15, -0.1) is 0 Å². The highest BCUT2D eigenvalue weighted by Gasteiger charge is 2.17. The first kappa shape index (κ1) is 12.7. The summed E-state index contributed by atoms with van der Waals surface area (Å²) in [5.74, 6) is 0. The average molecular weight is 254 g/mol. The number of nitrogens with zero attached hydrogens (tertiary/aromatic N) is 1. The van der Waals surface area contributed by atoms with Crippen LogP contribution in [0.1, 0.15) is 39.0 Å². The third kappa shape index (κ3) is 3.62. The standard InChI is InChI=1S/C14H20ClNO/c1-2-16(13-8-6-7-12(15)11-13)17-14-9-4-3-5-10-14/h6-8,11,14H,2-5,9-10H2,1H3. The molecule has 0 heterocycles. The highest BCUT2D eigenvalue weighted by molar-refractivity contribution is 6.30. The van der Waals surface area contributed by atoms with Crippen LogP contribution < -0.4 is 5.06 Å². The van der Waals surface area contributed by atoms with Gasteiger partial charge in [-0.2, -0.15) is 0 Å². The van der Waals surface area contributed by atoms with Gasteiger partial charge in [0.25, 0.3) is 0 Å². The van der Waals surface area contributed by atoms with Gasteiger partial charge in [-0.05, 0) is 38.0 Å². The zero-order valence-electron chi connectivity index (χ0n) is 10.4. The van der Waals surface area contributed by atoms with E-state index in [1.165, 1.54) is 32.1 Å². The number of halogens is 1. The minimum atomic E-state index is 0.377. The van der Waals surface area contributed by atoms with E-state index in [0.717, 1.165) is 17.3 Å². The quantitative estimate of drug-likeness (QED) is 0.736. The maximum atomic E-state index is 6.06. The SMILES string of the molecule is CCN(OC1CCCCC1)c1cccc(Cl)c1. The molecule has 0 unspecified atom stereocenters. The summed E-state index contributed by atoms with van der Waals surface area (Å²) < 4.78 is 0. The van der Waals surface area contributed by atoms with Gasteiger partial charge < -0.3 is 0 Å². The molecule has 1 fully saturated rings. The van der Waals surface area contributed by atoms with Crippen molar-refractivity contribution in [3.63, 3.8) is 0 Å². The van der Waals surface area contributed by atoms with Crippen LogP contribution in [0.2, 0.25) is 5.02 Å². The summed E-state index contributed by atoms with van der Waals surface area (Å²) in [6.45, 7) is 2.95. The number of anilines is 1. The Morgan fingerprint density at radius 2 is 2.06 bits per heavy atom. The molecule has 0 spiro atoms. The maximum absolute atomic E-state index is 6.06. The van der Waals surface area contributed by atoms with Crippen molar-refractivity contribution in [1.29, 1.82) is 0 Å². The summed E-state index contributed by atoms with van der Waals surface area (Å²) in [6, 6.07) is 7.84. The van der Waals surface area contributed by atoms with Gasteiger partial charge in [0.2, 0.25) is 0 Å². The van der Waals surface area contributed by atoms with E-state index < -0.39 is 0 Å². The van der Waals surface area contributed by atoms with Gasteiger partial charge in [-0.3, -0.25) is 9.90 Å². The molecule has 94 valence electrons. The van der Waals surface area contributed by atoms with Crippen molar-refractivity contribution in [2.24, 2.45) is 0 Å². The molecule has 0 radical (unpaired) electrons. The minimum absolute atomic E-state index is 0.377. The Morgan fingerprint density at radius 1 is 1.29 bits per heavy atom. The highest BCUT2D eigenvalue weighted by Crippen LogP contribution is 2.25. The lowest BCUT2D eigenvalue weighted by Crippen LogP contribution is -2.30. The lowest BCUT2D eigenvalue weighted by atomic mass is 9.98. The van der Waals surface area contributed by atoms with Gasteiger partial charge in [-0.1, -0.05) is 36.9 Å². The summed E-state index contributed by atoms with van der Waals surface area (Å²) in [4.78, 5) is 6.06. The fourth-order valence-electron chi connectivity index (χ4n) is 2.30. The summed E-state index contributed by atoms with van der Waals surface area (Å²) in [5, 5.41) is 2.72.